The maximum atomic E-state index is 13.0. The highest BCUT2D eigenvalue weighted by Gasteiger charge is 2.29. The maximum absolute atomic E-state index is 13.0. The number of allylic oxidation sites excluding steroid dienone is 20. The lowest BCUT2D eigenvalue weighted by atomic mass is 10.0. The first kappa shape index (κ1) is 109. The first-order chi connectivity index (χ1) is 55.2. The van der Waals surface area contributed by atoms with Crippen molar-refractivity contribution in [2.75, 3.05) is 39.6 Å². The van der Waals surface area contributed by atoms with Crippen molar-refractivity contribution < 1.29 is 75.8 Å². The zero-order chi connectivity index (χ0) is 82.2. The SMILES string of the molecule is CC/C=C\C/C=C\C/C=C\C/C=C\C/C=C\CCCCCCCCCCCCCCCCCCCC(=O)OCC(O)COP(=O)(O)OCC(O)COP(=O)(O)OCC(COC(=O)CCCCCCCCCCCCCCC/C=C\C/C=C\C/C=C\C/C=C\C/C=C\CC)OC(=O)CCCCCCCCCCCCCCCCC. The van der Waals surface area contributed by atoms with Gasteiger partial charge < -0.3 is 34.2 Å². The van der Waals surface area contributed by atoms with E-state index in [4.69, 9.17) is 32.3 Å². The van der Waals surface area contributed by atoms with E-state index in [0.29, 0.717) is 19.3 Å². The van der Waals surface area contributed by atoms with Crippen molar-refractivity contribution in [1.29, 1.82) is 0 Å². The number of ether oxygens (including phenoxy) is 3. The van der Waals surface area contributed by atoms with Crippen LogP contribution in [0.25, 0.3) is 0 Å². The molecule has 0 spiro atoms. The summed E-state index contributed by atoms with van der Waals surface area (Å²) in [6.07, 6.45) is 107. The summed E-state index contributed by atoms with van der Waals surface area (Å²) in [4.78, 5) is 58.9. The minimum Gasteiger partial charge on any atom is -0.463 e. The molecule has 0 radical (unpaired) electrons. The molecule has 0 saturated heterocycles. The van der Waals surface area contributed by atoms with Gasteiger partial charge in [-0.3, -0.25) is 32.5 Å². The first-order valence-electron chi connectivity index (χ1n) is 45.8. The third-order valence-electron chi connectivity index (χ3n) is 19.7. The molecule has 0 aromatic rings. The summed E-state index contributed by atoms with van der Waals surface area (Å²) in [5.74, 6) is -1.55. The fourth-order valence-electron chi connectivity index (χ4n) is 12.8. The number of phosphoric acid groups is 2. The zero-order valence-corrected chi connectivity index (χ0v) is 73.8. The molecule has 0 rings (SSSR count). The molecule has 5 atom stereocenters. The van der Waals surface area contributed by atoms with Crippen molar-refractivity contribution in [3.63, 3.8) is 0 Å². The first-order valence-corrected chi connectivity index (χ1v) is 48.8. The average molecular weight is 1630 g/mol. The lowest BCUT2D eigenvalue weighted by molar-refractivity contribution is -0.161. The van der Waals surface area contributed by atoms with E-state index in [2.05, 4.69) is 142 Å². The fraction of sp³-hybridized carbons (Fsp3) is 0.758. The molecule has 0 aromatic heterocycles. The van der Waals surface area contributed by atoms with Gasteiger partial charge in [-0.2, -0.15) is 0 Å². The number of aliphatic hydroxyl groups is 2. The molecule has 0 aliphatic rings. The Hall–Kier alpha value is -4.05. The molecule has 0 amide bonds. The highest BCUT2D eigenvalue weighted by molar-refractivity contribution is 7.47. The Balaban J connectivity index is 4.43. The summed E-state index contributed by atoms with van der Waals surface area (Å²) in [5, 5.41) is 20.7. The van der Waals surface area contributed by atoms with Gasteiger partial charge in [0, 0.05) is 19.3 Å². The smallest absolute Gasteiger partial charge is 0.463 e. The Bertz CT molecular complexity index is 2540. The predicted octanol–water partition coefficient (Wildman–Crippen LogP) is 28.0. The lowest BCUT2D eigenvalue weighted by Gasteiger charge is -2.21. The van der Waals surface area contributed by atoms with Crippen molar-refractivity contribution >= 4 is 33.6 Å². The van der Waals surface area contributed by atoms with E-state index in [9.17, 15) is 43.5 Å². The van der Waals surface area contributed by atoms with Crippen molar-refractivity contribution in [2.24, 2.45) is 0 Å². The van der Waals surface area contributed by atoms with Crippen LogP contribution in [0, 0.1) is 0 Å². The monoisotopic (exact) mass is 1630 g/mol. The number of hydrogen-bond acceptors (Lipinski definition) is 14. The molecule has 0 aliphatic carbocycles. The second kappa shape index (κ2) is 87.3. The van der Waals surface area contributed by atoms with E-state index >= 15 is 0 Å². The van der Waals surface area contributed by atoms with Crippen molar-refractivity contribution in [3.05, 3.63) is 122 Å². The van der Waals surface area contributed by atoms with Crippen LogP contribution in [-0.4, -0.2) is 95.9 Å². The molecule has 0 aromatic carbocycles. The van der Waals surface area contributed by atoms with E-state index in [1.54, 1.807) is 0 Å². The van der Waals surface area contributed by atoms with E-state index in [1.807, 2.05) is 0 Å². The van der Waals surface area contributed by atoms with Gasteiger partial charge in [-0.25, -0.2) is 9.13 Å². The lowest BCUT2D eigenvalue weighted by Crippen LogP contribution is -2.30. The van der Waals surface area contributed by atoms with E-state index in [0.717, 1.165) is 135 Å². The molecule has 0 heterocycles. The summed E-state index contributed by atoms with van der Waals surface area (Å²) < 4.78 is 61.4. The summed E-state index contributed by atoms with van der Waals surface area (Å²) in [7, 11) is -9.79. The maximum Gasteiger partial charge on any atom is 0.472 e. The summed E-state index contributed by atoms with van der Waals surface area (Å²) in [6, 6.07) is 0. The zero-order valence-electron chi connectivity index (χ0n) is 72.0. The molecule has 113 heavy (non-hydrogen) atoms. The van der Waals surface area contributed by atoms with Gasteiger partial charge in [-0.15, -0.1) is 0 Å². The van der Waals surface area contributed by atoms with Crippen LogP contribution < -0.4 is 0 Å². The van der Waals surface area contributed by atoms with Crippen LogP contribution in [0.1, 0.15) is 406 Å². The average Bonchev–Trinajstić information content (AvgIpc) is 0.903. The minimum atomic E-state index is -4.93. The van der Waals surface area contributed by atoms with E-state index in [-0.39, 0.29) is 19.3 Å². The van der Waals surface area contributed by atoms with Crippen LogP contribution in [0.4, 0.5) is 0 Å². The summed E-state index contributed by atoms with van der Waals surface area (Å²) in [6.45, 7) is 2.53. The van der Waals surface area contributed by atoms with Gasteiger partial charge >= 0.3 is 33.6 Å². The molecule has 0 bridgehead atoms. The van der Waals surface area contributed by atoms with Gasteiger partial charge in [0.1, 0.15) is 25.4 Å². The standard InChI is InChI=1S/C95H168O16P2/c1-4-7-10-13-16-19-22-25-28-30-32-34-36-38-40-42-43-44-45-47-49-50-52-54-56-58-61-63-66-69-72-75-78-81-93(98)105-84-90(96)85-107-112(101,102)108-86-91(97)87-109-113(103,104)110-89-92(111-95(100)83-80-77-74-71-68-65-60-27-24-21-18-15-12-9-6-3)88-106-94(99)82-79-76-73-70-67-64-62-59-57-55-53-51-48-46-41-39-37-35-33-31-29-26-23-20-17-14-11-8-5-2/h7-8,10-11,16-17,19-20,25-26,28-29,32-35,38-41,90-92,96-97H,4-6,9,12-15,18,21-24,27,30-31,36-37,42-89H2,1-3H3,(H,101,102)(H,103,104)/b10-7-,11-8-,19-16-,20-17-,28-25-,29-26-,34-32-,35-33-,40-38-,41-39-. The number of unbranched alkanes of at least 4 members (excludes halogenated alkanes) is 44. The predicted molar refractivity (Wildman–Crippen MR) is 473 cm³/mol. The minimum absolute atomic E-state index is 0.109. The molecular weight excluding hydrogens is 1460 g/mol. The van der Waals surface area contributed by atoms with Crippen LogP contribution in [0.15, 0.2) is 122 Å². The number of carbonyl (C=O) groups excluding carboxylic acids is 3. The molecule has 16 nitrogen and oxygen atoms in total. The van der Waals surface area contributed by atoms with E-state index in [1.165, 1.54) is 212 Å². The van der Waals surface area contributed by atoms with Crippen molar-refractivity contribution in [3.8, 4) is 0 Å². The topological polar surface area (TPSA) is 231 Å². The van der Waals surface area contributed by atoms with Crippen LogP contribution in [-0.2, 0) is 55.8 Å². The second-order valence-electron chi connectivity index (χ2n) is 30.7. The third kappa shape index (κ3) is 88.6. The Morgan fingerprint density at radius 1 is 0.257 bits per heavy atom. The Morgan fingerprint density at radius 3 is 0.743 bits per heavy atom. The third-order valence-corrected chi connectivity index (χ3v) is 21.6. The Labute approximate surface area is 691 Å². The quantitative estimate of drug-likeness (QED) is 0.0146. The fourth-order valence-corrected chi connectivity index (χ4v) is 14.4. The molecular formula is C95H168O16P2. The number of hydrogen-bond donors (Lipinski definition) is 4. The number of aliphatic hydroxyl groups excluding tert-OH is 2. The van der Waals surface area contributed by atoms with Gasteiger partial charge in [0.15, 0.2) is 6.10 Å². The second-order valence-corrected chi connectivity index (χ2v) is 33.6. The van der Waals surface area contributed by atoms with E-state index < -0.39 is 91.5 Å². The number of rotatable bonds is 87. The molecule has 654 valence electrons. The van der Waals surface area contributed by atoms with Crippen molar-refractivity contribution in [1.82, 2.24) is 0 Å². The summed E-state index contributed by atoms with van der Waals surface area (Å²) in [5.41, 5.74) is 0. The van der Waals surface area contributed by atoms with Gasteiger partial charge in [0.05, 0.1) is 26.4 Å². The summed E-state index contributed by atoms with van der Waals surface area (Å²) >= 11 is 0. The Morgan fingerprint density at radius 2 is 0.469 bits per heavy atom. The molecule has 4 N–H and O–H groups in total. The van der Waals surface area contributed by atoms with Gasteiger partial charge in [-0.05, 0) is 109 Å². The molecule has 0 saturated carbocycles. The van der Waals surface area contributed by atoms with Crippen LogP contribution >= 0.6 is 15.6 Å². The van der Waals surface area contributed by atoms with Gasteiger partial charge in [-0.1, -0.05) is 399 Å². The normalized spacial score (nSPS) is 14.4. The van der Waals surface area contributed by atoms with Crippen LogP contribution in [0.2, 0.25) is 0 Å². The van der Waals surface area contributed by atoms with Gasteiger partial charge in [0.25, 0.3) is 0 Å². The number of phosphoric ester groups is 2. The molecule has 0 aliphatic heterocycles. The molecule has 0 fully saturated rings. The number of esters is 3. The molecule has 5 unspecified atom stereocenters. The highest BCUT2D eigenvalue weighted by Crippen LogP contribution is 2.45. The molecule has 18 heteroatoms. The van der Waals surface area contributed by atoms with Crippen molar-refractivity contribution in [2.45, 2.75) is 424 Å². The van der Waals surface area contributed by atoms with Crippen LogP contribution in [0.5, 0.6) is 0 Å². The van der Waals surface area contributed by atoms with Crippen LogP contribution in [0.3, 0.4) is 0 Å². The Kier molecular flexibility index (Phi) is 84.1. The number of carbonyl (C=O) groups is 3. The largest absolute Gasteiger partial charge is 0.472 e. The highest BCUT2D eigenvalue weighted by atomic mass is 31.2. The van der Waals surface area contributed by atoms with Gasteiger partial charge in [0.2, 0.25) is 0 Å².